The Bertz CT molecular complexity index is 1090. The quantitative estimate of drug-likeness (QED) is 0.598. The zero-order valence-electron chi connectivity index (χ0n) is 17.5. The maximum absolute atomic E-state index is 12.3. The highest BCUT2D eigenvalue weighted by atomic mass is 16.7. The van der Waals surface area contributed by atoms with E-state index in [0.717, 1.165) is 36.4 Å². The maximum Gasteiger partial charge on any atom is 0.273 e. The van der Waals surface area contributed by atoms with E-state index >= 15 is 0 Å². The summed E-state index contributed by atoms with van der Waals surface area (Å²) in [6.07, 6.45) is 3.52. The first kappa shape index (κ1) is 19.6. The lowest BCUT2D eigenvalue weighted by Gasteiger charge is -2.22. The fourth-order valence-corrected chi connectivity index (χ4v) is 3.66. The van der Waals surface area contributed by atoms with Gasteiger partial charge in [0.1, 0.15) is 6.26 Å². The number of hydrogen-bond donors (Lipinski definition) is 1. The lowest BCUT2D eigenvalue weighted by Crippen LogP contribution is -2.26. The predicted molar refractivity (Wildman–Crippen MR) is 114 cm³/mol. The minimum Gasteiger partial charge on any atom is -0.454 e. The van der Waals surface area contributed by atoms with Crippen LogP contribution in [0.2, 0.25) is 0 Å². The number of oxazole rings is 1. The van der Waals surface area contributed by atoms with Crippen LogP contribution < -0.4 is 14.8 Å². The molecule has 0 bridgehead atoms. The lowest BCUT2D eigenvalue weighted by atomic mass is 10.1. The smallest absolute Gasteiger partial charge is 0.273 e. The Balaban J connectivity index is 1.34. The minimum absolute atomic E-state index is 0.168. The van der Waals surface area contributed by atoms with Gasteiger partial charge in [-0.3, -0.25) is 9.69 Å². The standard InChI is InChI=1S/C24H25N3O4/c1-16-4-2-3-5-18(16)12-27(11-17-6-9-21-22(10-17)31-15-30-21)13-23-26-20(14-29-23)24(28)25-19-7-8-19/h2-6,9-10,14,19H,7-8,11-13,15H2,1H3,(H,25,28). The van der Waals surface area contributed by atoms with Gasteiger partial charge in [-0.15, -0.1) is 0 Å². The Kier molecular flexibility index (Phi) is 5.34. The average Bonchev–Trinajstić information content (AvgIpc) is 3.24. The summed E-state index contributed by atoms with van der Waals surface area (Å²) < 4.78 is 16.6. The summed E-state index contributed by atoms with van der Waals surface area (Å²) in [4.78, 5) is 18.9. The van der Waals surface area contributed by atoms with E-state index in [1.54, 1.807) is 0 Å². The van der Waals surface area contributed by atoms with E-state index in [-0.39, 0.29) is 18.7 Å². The number of nitrogens with one attached hydrogen (secondary N) is 1. The molecule has 3 aromatic rings. The van der Waals surface area contributed by atoms with Gasteiger partial charge in [-0.25, -0.2) is 4.98 Å². The molecule has 1 amide bonds. The van der Waals surface area contributed by atoms with Crippen molar-refractivity contribution >= 4 is 5.91 Å². The molecule has 1 N–H and O–H groups in total. The Hall–Kier alpha value is -3.32. The summed E-state index contributed by atoms with van der Waals surface area (Å²) >= 11 is 0. The molecule has 7 nitrogen and oxygen atoms in total. The van der Waals surface area contributed by atoms with Crippen molar-refractivity contribution in [1.29, 1.82) is 0 Å². The van der Waals surface area contributed by atoms with Crippen LogP contribution in [0.15, 0.2) is 53.1 Å². The first-order valence-electron chi connectivity index (χ1n) is 10.5. The molecular weight excluding hydrogens is 394 g/mol. The van der Waals surface area contributed by atoms with Crippen molar-refractivity contribution in [3.63, 3.8) is 0 Å². The molecule has 5 rings (SSSR count). The lowest BCUT2D eigenvalue weighted by molar-refractivity contribution is 0.0946. The molecule has 2 aromatic carbocycles. The third kappa shape index (κ3) is 4.72. The molecule has 0 spiro atoms. The summed E-state index contributed by atoms with van der Waals surface area (Å²) in [5, 5.41) is 2.95. The van der Waals surface area contributed by atoms with E-state index < -0.39 is 0 Å². The van der Waals surface area contributed by atoms with E-state index in [2.05, 4.69) is 34.3 Å². The van der Waals surface area contributed by atoms with Crippen molar-refractivity contribution in [2.75, 3.05) is 6.79 Å². The number of benzene rings is 2. The van der Waals surface area contributed by atoms with Crippen LogP contribution in [0.1, 0.15) is 45.9 Å². The van der Waals surface area contributed by atoms with Gasteiger partial charge in [0.05, 0.1) is 6.54 Å². The van der Waals surface area contributed by atoms with Crippen molar-refractivity contribution in [3.05, 3.63) is 77.0 Å². The Morgan fingerprint density at radius 3 is 2.77 bits per heavy atom. The van der Waals surface area contributed by atoms with Crippen molar-refractivity contribution < 1.29 is 18.7 Å². The Morgan fingerprint density at radius 1 is 1.10 bits per heavy atom. The zero-order chi connectivity index (χ0) is 21.2. The van der Waals surface area contributed by atoms with Crippen molar-refractivity contribution in [2.24, 2.45) is 0 Å². The molecule has 1 aromatic heterocycles. The fraction of sp³-hybridized carbons (Fsp3) is 0.333. The number of carbonyl (C=O) groups excluding carboxylic acids is 1. The number of aryl methyl sites for hydroxylation is 1. The van der Waals surface area contributed by atoms with Crippen LogP contribution in [0.4, 0.5) is 0 Å². The molecule has 160 valence electrons. The number of carbonyl (C=O) groups is 1. The molecule has 0 radical (unpaired) electrons. The van der Waals surface area contributed by atoms with Gasteiger partial charge < -0.3 is 19.2 Å². The van der Waals surface area contributed by atoms with Gasteiger partial charge in [0.2, 0.25) is 12.7 Å². The molecule has 31 heavy (non-hydrogen) atoms. The zero-order valence-corrected chi connectivity index (χ0v) is 17.5. The minimum atomic E-state index is -0.168. The maximum atomic E-state index is 12.3. The van der Waals surface area contributed by atoms with Crippen LogP contribution in [-0.4, -0.2) is 28.6 Å². The van der Waals surface area contributed by atoms with Crippen LogP contribution in [-0.2, 0) is 19.6 Å². The highest BCUT2D eigenvalue weighted by Crippen LogP contribution is 2.33. The van der Waals surface area contributed by atoms with E-state index in [1.165, 1.54) is 17.4 Å². The fourth-order valence-electron chi connectivity index (χ4n) is 3.66. The van der Waals surface area contributed by atoms with Gasteiger partial charge in [0.15, 0.2) is 17.2 Å². The number of nitrogens with zero attached hydrogens (tertiary/aromatic N) is 2. The van der Waals surface area contributed by atoms with Crippen molar-refractivity contribution in [2.45, 2.75) is 45.4 Å². The summed E-state index contributed by atoms with van der Waals surface area (Å²) in [6.45, 7) is 4.26. The SMILES string of the molecule is Cc1ccccc1CN(Cc1ccc2c(c1)OCO2)Cc1nc(C(=O)NC2CC2)co1. The second-order valence-electron chi connectivity index (χ2n) is 8.13. The van der Waals surface area contributed by atoms with Gasteiger partial charge in [-0.2, -0.15) is 0 Å². The number of fused-ring (bicyclic) bond motifs is 1. The number of ether oxygens (including phenoxy) is 2. The first-order valence-corrected chi connectivity index (χ1v) is 10.5. The predicted octanol–water partition coefficient (Wildman–Crippen LogP) is 3.81. The van der Waals surface area contributed by atoms with Crippen LogP contribution in [0.5, 0.6) is 11.5 Å². The van der Waals surface area contributed by atoms with Crippen LogP contribution in [0.25, 0.3) is 0 Å². The van der Waals surface area contributed by atoms with E-state index in [1.807, 2.05) is 30.3 Å². The third-order valence-corrected chi connectivity index (χ3v) is 5.55. The van der Waals surface area contributed by atoms with Gasteiger partial charge >= 0.3 is 0 Å². The van der Waals surface area contributed by atoms with Gasteiger partial charge in [-0.05, 0) is 48.6 Å². The molecule has 1 saturated carbocycles. The van der Waals surface area contributed by atoms with E-state index in [4.69, 9.17) is 13.9 Å². The topological polar surface area (TPSA) is 76.8 Å². The molecule has 1 aliphatic heterocycles. The highest BCUT2D eigenvalue weighted by molar-refractivity contribution is 5.92. The van der Waals surface area contributed by atoms with E-state index in [9.17, 15) is 4.79 Å². The summed E-state index contributed by atoms with van der Waals surface area (Å²) in [5.41, 5.74) is 3.91. The number of rotatable bonds is 8. The van der Waals surface area contributed by atoms with Crippen LogP contribution in [0, 0.1) is 6.92 Å². The van der Waals surface area contributed by atoms with Crippen LogP contribution >= 0.6 is 0 Å². The summed E-state index contributed by atoms with van der Waals surface area (Å²) in [6, 6.07) is 14.6. The molecule has 1 aliphatic carbocycles. The summed E-state index contributed by atoms with van der Waals surface area (Å²) in [7, 11) is 0. The second-order valence-corrected chi connectivity index (χ2v) is 8.13. The monoisotopic (exact) mass is 419 g/mol. The normalized spacial score (nSPS) is 14.8. The van der Waals surface area contributed by atoms with Gasteiger partial charge in [0.25, 0.3) is 5.91 Å². The molecule has 2 heterocycles. The van der Waals surface area contributed by atoms with E-state index in [0.29, 0.717) is 24.7 Å². The molecule has 7 heteroatoms. The van der Waals surface area contributed by atoms with Crippen LogP contribution in [0.3, 0.4) is 0 Å². The van der Waals surface area contributed by atoms with Gasteiger partial charge in [0, 0.05) is 19.1 Å². The number of amides is 1. The molecule has 0 atom stereocenters. The molecule has 2 aliphatic rings. The number of aromatic nitrogens is 1. The van der Waals surface area contributed by atoms with Crippen molar-refractivity contribution in [1.82, 2.24) is 15.2 Å². The molecule has 0 unspecified atom stereocenters. The largest absolute Gasteiger partial charge is 0.454 e. The number of hydrogen-bond acceptors (Lipinski definition) is 6. The highest BCUT2D eigenvalue weighted by Gasteiger charge is 2.25. The average molecular weight is 419 g/mol. The first-order chi connectivity index (χ1) is 15.1. The molecule has 1 fully saturated rings. The molecule has 0 saturated heterocycles. The van der Waals surface area contributed by atoms with Crippen molar-refractivity contribution in [3.8, 4) is 11.5 Å². The Labute approximate surface area is 181 Å². The molecular formula is C24H25N3O4. The summed E-state index contributed by atoms with van der Waals surface area (Å²) in [5.74, 6) is 1.89. The second kappa shape index (κ2) is 8.43. The van der Waals surface area contributed by atoms with Gasteiger partial charge in [-0.1, -0.05) is 30.3 Å². The Morgan fingerprint density at radius 2 is 1.94 bits per heavy atom. The third-order valence-electron chi connectivity index (χ3n) is 5.55.